The van der Waals surface area contributed by atoms with E-state index in [-0.39, 0.29) is 18.3 Å². The Morgan fingerprint density at radius 3 is 0.632 bits per heavy atom. The van der Waals surface area contributed by atoms with Crippen LogP contribution < -0.4 is 44.5 Å². The molecular weight excluding hydrogens is 1780 g/mol. The first-order chi connectivity index (χ1) is 67.9. The van der Waals surface area contributed by atoms with Crippen LogP contribution in [0.1, 0.15) is 336 Å². The molecule has 8 aromatic rings. The molecule has 8 saturated heterocycles. The fraction of sp³-hybridized carbons (Fsp3) is 0.619. The van der Waals surface area contributed by atoms with Crippen LogP contribution in [0.25, 0.3) is 0 Å². The number of piperidine rings is 5. The van der Waals surface area contributed by atoms with E-state index in [0.717, 1.165) is 124 Å². The van der Waals surface area contributed by atoms with Crippen LogP contribution in [0.4, 0.5) is 45.5 Å². The minimum atomic E-state index is -0.795. The van der Waals surface area contributed by atoms with Gasteiger partial charge < -0.3 is 89.5 Å². The number of aliphatic hydroxyl groups is 6. The maximum Gasteiger partial charge on any atom is 0.103 e. The van der Waals surface area contributed by atoms with Gasteiger partial charge in [-0.15, -0.1) is 0 Å². The standard InChI is InChI=1S/3C17H27NO.2C16H25NO2.C15H24N2.C14H22N2.C14H21NO/c3*1-13(2)14-7-9-16(10-8-14)18-11-5-6-15(12-18)17(3,4)19;2*1-12(2)13-5-7-14(8-6-13)17-9-10-19-15(11-17)16(3,4)18;1-12(2)13-4-6-15(7-5-13)17-10-8-14(16-3)9-11-17;1-12(2)13-4-6-14(7-5-13)16-10-8-15(3)9-11-16;1-11(2)12-3-5-13(6-4-12)15-9-7-14(16)8-10-15/h3*7-10,13,15,19H,5-6,11-12H2,1-4H3;2*5-8,12,15,18H,9-11H2,1-4H3;4-7,12,14,16H,8-11H2,1-3H3;4-7,12H,8-11H2,1-3H3;3-6,11,14,16H,7-10H2,1-2H3/t2*15-;;15-;;;;/m10.0..../s1. The highest BCUT2D eigenvalue weighted by Crippen LogP contribution is 2.38. The number of nitrogens with zero attached hydrogens (tertiary/aromatic N) is 9. The van der Waals surface area contributed by atoms with Crippen LogP contribution in [0.15, 0.2) is 194 Å². The van der Waals surface area contributed by atoms with Crippen LogP contribution in [-0.4, -0.2) is 233 Å². The van der Waals surface area contributed by atoms with Crippen molar-refractivity contribution in [2.45, 2.75) is 344 Å². The molecule has 7 N–H and O–H groups in total. The predicted octanol–water partition coefficient (Wildman–Crippen LogP) is 25.3. The summed E-state index contributed by atoms with van der Waals surface area (Å²) in [6.45, 7) is 74.1. The van der Waals surface area contributed by atoms with Crippen LogP contribution >= 0.6 is 0 Å². The average Bonchev–Trinajstić information content (AvgIpc) is 0.823. The van der Waals surface area contributed by atoms with Crippen molar-refractivity contribution in [1.29, 1.82) is 0 Å². The highest BCUT2D eigenvalue weighted by molar-refractivity contribution is 5.55. The lowest BCUT2D eigenvalue weighted by molar-refractivity contribution is -0.0928. The lowest BCUT2D eigenvalue weighted by Crippen LogP contribution is -2.52. The molecule has 8 aromatic carbocycles. The second kappa shape index (κ2) is 56.4. The molecule has 0 aliphatic carbocycles. The summed E-state index contributed by atoms with van der Waals surface area (Å²) in [5.74, 6) is 5.81. The molecule has 0 bridgehead atoms. The van der Waals surface area contributed by atoms with Crippen LogP contribution in [0.5, 0.6) is 0 Å². The molecular formula is C126H198N10O8. The van der Waals surface area contributed by atoms with E-state index in [0.29, 0.717) is 84.4 Å². The van der Waals surface area contributed by atoms with Gasteiger partial charge >= 0.3 is 0 Å². The second-order valence-electron chi connectivity index (χ2n) is 47.8. The van der Waals surface area contributed by atoms with Gasteiger partial charge in [0.25, 0.3) is 0 Å². The first kappa shape index (κ1) is 119. The Balaban J connectivity index is 0.000000184. The van der Waals surface area contributed by atoms with E-state index < -0.39 is 28.0 Å². The lowest BCUT2D eigenvalue weighted by Gasteiger charge is -2.40. The summed E-state index contributed by atoms with van der Waals surface area (Å²) in [4.78, 5) is 21.5. The van der Waals surface area contributed by atoms with Crippen LogP contribution in [0.3, 0.4) is 0 Å². The SMILES string of the molecule is CC(C)c1ccc(N2CCC(O)CC2)cc1.CC(C)c1ccc(N2CCCC(C(C)(C)O)C2)cc1.CC(C)c1ccc(N2CCC[C@@H](C(C)(C)O)C2)cc1.CC(C)c1ccc(N2CCC[C@H](C(C)(C)O)C2)cc1.CC(C)c1ccc(N2CCN(C)CC2)cc1.CC(C)c1ccc(N2CCOC(C(C)(C)O)C2)cc1.CC(C)c1ccc(N2CCO[C@H](C(C)(C)O)C2)cc1.CNC1CCN(c2ccc(C(C)C)cc2)CC1. The number of likely N-dealkylation sites (N-methyl/N-ethyl adjacent to an activating group) is 1. The zero-order valence-corrected chi connectivity index (χ0v) is 94.9. The summed E-state index contributed by atoms with van der Waals surface area (Å²) >= 11 is 0. The molecule has 800 valence electrons. The van der Waals surface area contributed by atoms with Crippen molar-refractivity contribution in [1.82, 2.24) is 10.2 Å². The number of hydrogen-bond acceptors (Lipinski definition) is 18. The molecule has 5 atom stereocenters. The Bertz CT molecular complexity index is 4310. The Hall–Kier alpha value is -8.24. The molecule has 0 saturated carbocycles. The van der Waals surface area contributed by atoms with Crippen LogP contribution in [0.2, 0.25) is 0 Å². The molecule has 18 nitrogen and oxygen atoms in total. The molecule has 16 rings (SSSR count). The highest BCUT2D eigenvalue weighted by atomic mass is 16.5. The zero-order valence-electron chi connectivity index (χ0n) is 94.9. The minimum Gasteiger partial charge on any atom is -0.393 e. The van der Waals surface area contributed by atoms with Crippen LogP contribution in [0, 0.1) is 17.8 Å². The van der Waals surface area contributed by atoms with Gasteiger partial charge in [-0.1, -0.05) is 208 Å². The largest absolute Gasteiger partial charge is 0.393 e. The van der Waals surface area contributed by atoms with E-state index in [9.17, 15) is 30.6 Å². The normalized spacial score (nSPS) is 19.9. The molecule has 0 aromatic heterocycles. The maximum atomic E-state index is 10.2. The van der Waals surface area contributed by atoms with E-state index in [1.807, 2.05) is 69.2 Å². The molecule has 8 aliphatic heterocycles. The smallest absolute Gasteiger partial charge is 0.103 e. The third-order valence-electron chi connectivity index (χ3n) is 31.2. The van der Waals surface area contributed by atoms with Gasteiger partial charge in [0, 0.05) is 187 Å². The first-order valence-corrected chi connectivity index (χ1v) is 55.6. The number of ether oxygens (including phenoxy) is 2. The first-order valence-electron chi connectivity index (χ1n) is 55.6. The van der Waals surface area contributed by atoms with Crippen LogP contribution in [-0.2, 0) is 9.47 Å². The molecule has 0 radical (unpaired) electrons. The summed E-state index contributed by atoms with van der Waals surface area (Å²) in [5, 5.41) is 63.6. The van der Waals surface area contributed by atoms with E-state index in [2.05, 4.69) is 368 Å². The molecule has 8 aliphatic rings. The van der Waals surface area contributed by atoms with Crippen molar-refractivity contribution >= 4 is 45.5 Å². The number of aliphatic hydroxyl groups excluding tert-OH is 1. The van der Waals surface area contributed by atoms with Crippen molar-refractivity contribution < 1.29 is 40.1 Å². The third kappa shape index (κ3) is 38.4. The van der Waals surface area contributed by atoms with Gasteiger partial charge in [-0.2, -0.15) is 0 Å². The summed E-state index contributed by atoms with van der Waals surface area (Å²) in [6, 6.07) is 71.8. The molecule has 8 heterocycles. The molecule has 0 spiro atoms. The van der Waals surface area contributed by atoms with E-state index >= 15 is 0 Å². The molecule has 0 amide bonds. The molecule has 2 unspecified atom stereocenters. The van der Waals surface area contributed by atoms with E-state index in [1.54, 1.807) is 0 Å². The number of anilines is 8. The van der Waals surface area contributed by atoms with Gasteiger partial charge in [-0.25, -0.2) is 0 Å². The Kier molecular flexibility index (Phi) is 46.7. The number of piperazine rings is 1. The van der Waals surface area contributed by atoms with Crippen molar-refractivity contribution in [2.75, 3.05) is 184 Å². The number of morpholine rings is 2. The zero-order chi connectivity index (χ0) is 106. The fourth-order valence-electron chi connectivity index (χ4n) is 20.2. The van der Waals surface area contributed by atoms with Gasteiger partial charge in [0.05, 0.1) is 47.3 Å². The number of rotatable bonds is 22. The summed E-state index contributed by atoms with van der Waals surface area (Å²) < 4.78 is 11.3. The lowest BCUT2D eigenvalue weighted by atomic mass is 9.84. The Labute approximate surface area is 875 Å². The maximum absolute atomic E-state index is 10.2. The quantitative estimate of drug-likeness (QED) is 0.0340. The topological polar surface area (TPSA) is 181 Å². The highest BCUT2D eigenvalue weighted by Gasteiger charge is 2.38. The van der Waals surface area contributed by atoms with Gasteiger partial charge in [0.2, 0.25) is 0 Å². The second-order valence-corrected chi connectivity index (χ2v) is 47.8. The summed E-state index contributed by atoms with van der Waals surface area (Å²) in [7, 11) is 4.26. The Morgan fingerprint density at radius 2 is 0.438 bits per heavy atom. The number of nitrogens with one attached hydrogen (secondary N) is 1. The van der Waals surface area contributed by atoms with Crippen molar-refractivity contribution in [3.05, 3.63) is 239 Å². The van der Waals surface area contributed by atoms with Crippen molar-refractivity contribution in [2.24, 2.45) is 17.8 Å². The summed E-state index contributed by atoms with van der Waals surface area (Å²) in [5.41, 5.74) is 18.2. The van der Waals surface area contributed by atoms with Crippen molar-refractivity contribution in [3.63, 3.8) is 0 Å². The van der Waals surface area contributed by atoms with Gasteiger partial charge in [-0.05, 0) is 336 Å². The molecule has 8 fully saturated rings. The Morgan fingerprint density at radius 1 is 0.243 bits per heavy atom. The number of benzene rings is 8. The van der Waals surface area contributed by atoms with Gasteiger partial charge in [-0.3, -0.25) is 0 Å². The molecule has 18 heteroatoms. The minimum absolute atomic E-state index is 0.0915. The van der Waals surface area contributed by atoms with Crippen molar-refractivity contribution in [3.8, 4) is 0 Å². The van der Waals surface area contributed by atoms with E-state index in [4.69, 9.17) is 9.47 Å². The average molecular weight is 1980 g/mol. The van der Waals surface area contributed by atoms with Gasteiger partial charge in [0.1, 0.15) is 12.2 Å². The van der Waals surface area contributed by atoms with Gasteiger partial charge in [0.15, 0.2) is 0 Å². The van der Waals surface area contributed by atoms with E-state index in [1.165, 1.54) is 148 Å². The molecule has 144 heavy (non-hydrogen) atoms. The predicted molar refractivity (Wildman–Crippen MR) is 616 cm³/mol. The third-order valence-corrected chi connectivity index (χ3v) is 31.2. The monoisotopic (exact) mass is 1980 g/mol. The summed E-state index contributed by atoms with van der Waals surface area (Å²) in [6.07, 6.45) is 10.8. The fourth-order valence-corrected chi connectivity index (χ4v) is 20.2. The number of hydrogen-bond donors (Lipinski definition) is 7.